The molecule has 1 heterocycles. The third kappa shape index (κ3) is 4.31. The smallest absolute Gasteiger partial charge is 0.145 e. The van der Waals surface area contributed by atoms with Crippen molar-refractivity contribution in [2.24, 2.45) is 0 Å². The molecule has 0 amide bonds. The molecule has 2 heteroatoms. The fraction of sp³-hybridized carbons (Fsp3) is 0. The summed E-state index contributed by atoms with van der Waals surface area (Å²) < 4.78 is 117. The zero-order valence-corrected chi connectivity index (χ0v) is 25.7. The van der Waals surface area contributed by atoms with Gasteiger partial charge in [0.25, 0.3) is 0 Å². The first kappa shape index (κ1) is 17.6. The molecular weight excluding hydrogens is 593 g/mol. The zero-order chi connectivity index (χ0) is 43.6. The Morgan fingerprint density at radius 3 is 1.71 bits per heavy atom. The summed E-state index contributed by atoms with van der Waals surface area (Å²) in [5, 5.41) is 3.69. The van der Waals surface area contributed by atoms with Crippen LogP contribution in [0.25, 0.3) is 93.5 Å². The first-order chi connectivity index (χ1) is 29.7. The summed E-state index contributed by atoms with van der Waals surface area (Å²) in [6.07, 6.45) is 0. The molecule has 0 radical (unpaired) electrons. The predicted octanol–water partition coefficient (Wildman–Crippen LogP) is 12.6. The Labute approximate surface area is 302 Å². The lowest BCUT2D eigenvalue weighted by molar-refractivity contribution is 1.10. The lowest BCUT2D eigenvalue weighted by Crippen LogP contribution is -1.97. The Kier molecular flexibility index (Phi) is 3.96. The molecule has 0 saturated carbocycles. The summed E-state index contributed by atoms with van der Waals surface area (Å²) in [7, 11) is 0. The minimum atomic E-state index is -0.533. The molecule has 0 aliphatic rings. The summed E-state index contributed by atoms with van der Waals surface area (Å²) in [5.74, 6) is 0.258. The summed E-state index contributed by atoms with van der Waals surface area (Å²) in [5.41, 5.74) is 2.71. The summed E-state index contributed by atoms with van der Waals surface area (Å²) >= 11 is 0. The first-order valence-electron chi connectivity index (χ1n) is 22.2. The highest BCUT2D eigenvalue weighted by molar-refractivity contribution is 6.25. The molecule has 10 aromatic rings. The molecule has 2 nitrogen and oxygen atoms in total. The summed E-state index contributed by atoms with van der Waals surface area (Å²) in [4.78, 5) is 4.84. The maximum Gasteiger partial charge on any atom is 0.145 e. The molecular formula is C47H30N2. The zero-order valence-electron chi connectivity index (χ0n) is 38.7. The normalized spacial score (nSPS) is 15.4. The third-order valence-corrected chi connectivity index (χ3v) is 9.12. The Morgan fingerprint density at radius 1 is 0.449 bits per heavy atom. The van der Waals surface area contributed by atoms with Gasteiger partial charge in [0.05, 0.1) is 28.9 Å². The molecule has 0 fully saturated rings. The van der Waals surface area contributed by atoms with Crippen LogP contribution in [-0.2, 0) is 0 Å². The predicted molar refractivity (Wildman–Crippen MR) is 207 cm³/mol. The van der Waals surface area contributed by atoms with Gasteiger partial charge in [-0.25, -0.2) is 4.98 Å². The van der Waals surface area contributed by atoms with Gasteiger partial charge in [-0.3, -0.25) is 4.57 Å². The largest absolute Gasteiger partial charge is 0.292 e. The van der Waals surface area contributed by atoms with E-state index in [1.54, 1.807) is 48.5 Å². The lowest BCUT2D eigenvalue weighted by Gasteiger charge is -2.19. The van der Waals surface area contributed by atoms with Crippen LogP contribution in [0.5, 0.6) is 0 Å². The van der Waals surface area contributed by atoms with E-state index in [-0.39, 0.29) is 68.4 Å². The van der Waals surface area contributed by atoms with Gasteiger partial charge in [0.2, 0.25) is 0 Å². The standard InChI is InChI=1S/C47H30N2/c1-2-15-34(16-3-1)49-44-25-13-12-24-43(44)48-47(49)32-28-26-31(27-29-32)45-38-20-8-10-22-40(38)46(41-23-11-9-21-39(41)45)42-30-33-14-4-5-17-35(33)36-18-6-7-19-37(36)42/h1-30H/i1D,2D,3D,8D,9D,10D,11D,15D,16D,20D,21D,22D,23D. The number of para-hydroxylation sites is 3. The quantitative estimate of drug-likeness (QED) is 0.139. The van der Waals surface area contributed by atoms with E-state index in [0.29, 0.717) is 27.7 Å². The Bertz CT molecular complexity index is 3510. The monoisotopic (exact) mass is 635 g/mol. The van der Waals surface area contributed by atoms with Crippen LogP contribution >= 0.6 is 0 Å². The third-order valence-electron chi connectivity index (χ3n) is 9.12. The number of hydrogen-bond donors (Lipinski definition) is 0. The van der Waals surface area contributed by atoms with Crippen molar-refractivity contribution < 1.29 is 17.8 Å². The van der Waals surface area contributed by atoms with Gasteiger partial charge in [-0.1, -0.05) is 151 Å². The van der Waals surface area contributed by atoms with Crippen LogP contribution in [0.2, 0.25) is 0 Å². The van der Waals surface area contributed by atoms with Crippen molar-refractivity contribution in [2.75, 3.05) is 0 Å². The van der Waals surface area contributed by atoms with Crippen LogP contribution in [-0.4, -0.2) is 9.55 Å². The van der Waals surface area contributed by atoms with Gasteiger partial charge >= 0.3 is 0 Å². The highest BCUT2D eigenvalue weighted by Gasteiger charge is 2.20. The second-order valence-corrected chi connectivity index (χ2v) is 11.8. The van der Waals surface area contributed by atoms with Crippen molar-refractivity contribution in [3.63, 3.8) is 0 Å². The Morgan fingerprint density at radius 2 is 1.00 bits per heavy atom. The lowest BCUT2D eigenvalue weighted by atomic mass is 9.84. The number of hydrogen-bond acceptors (Lipinski definition) is 1. The van der Waals surface area contributed by atoms with E-state index in [1.807, 2.05) is 54.6 Å². The van der Waals surface area contributed by atoms with Gasteiger partial charge < -0.3 is 0 Å². The van der Waals surface area contributed by atoms with Gasteiger partial charge in [-0.2, -0.15) is 0 Å². The molecule has 0 aliphatic carbocycles. The van der Waals surface area contributed by atoms with Gasteiger partial charge in [0.1, 0.15) is 5.82 Å². The second kappa shape index (κ2) is 11.0. The summed E-state index contributed by atoms with van der Waals surface area (Å²) in [6.45, 7) is 0. The van der Waals surface area contributed by atoms with Crippen molar-refractivity contribution in [1.82, 2.24) is 9.55 Å². The van der Waals surface area contributed by atoms with Crippen LogP contribution in [0.15, 0.2) is 182 Å². The van der Waals surface area contributed by atoms with Crippen LogP contribution in [0.4, 0.5) is 0 Å². The van der Waals surface area contributed by atoms with Crippen molar-refractivity contribution in [2.45, 2.75) is 0 Å². The number of nitrogens with zero attached hydrogens (tertiary/aromatic N) is 2. The van der Waals surface area contributed by atoms with E-state index in [1.165, 1.54) is 4.57 Å². The Balaban J connectivity index is 1.33. The second-order valence-electron chi connectivity index (χ2n) is 11.8. The molecule has 49 heavy (non-hydrogen) atoms. The molecule has 9 aromatic carbocycles. The molecule has 10 rings (SSSR count). The summed E-state index contributed by atoms with van der Waals surface area (Å²) in [6, 6.07) is 25.1. The molecule has 0 aliphatic heterocycles. The van der Waals surface area contributed by atoms with E-state index >= 15 is 0 Å². The number of imidazole rings is 1. The fourth-order valence-corrected chi connectivity index (χ4v) is 7.03. The van der Waals surface area contributed by atoms with E-state index in [9.17, 15) is 5.48 Å². The van der Waals surface area contributed by atoms with Crippen LogP contribution in [0.1, 0.15) is 17.8 Å². The van der Waals surface area contributed by atoms with Gasteiger partial charge in [0.15, 0.2) is 0 Å². The maximum absolute atomic E-state index is 9.46. The minimum Gasteiger partial charge on any atom is -0.292 e. The van der Waals surface area contributed by atoms with Crippen LogP contribution < -0.4 is 0 Å². The van der Waals surface area contributed by atoms with Crippen molar-refractivity contribution >= 4 is 54.1 Å². The average Bonchev–Trinajstić information content (AvgIpc) is 3.68. The number of fused-ring (bicyclic) bond motifs is 6. The first-order valence-corrected chi connectivity index (χ1v) is 15.7. The van der Waals surface area contributed by atoms with Gasteiger partial charge in [0, 0.05) is 11.3 Å². The number of aromatic nitrogens is 2. The number of benzene rings is 9. The molecule has 228 valence electrons. The van der Waals surface area contributed by atoms with E-state index in [2.05, 4.69) is 0 Å². The average molecular weight is 636 g/mol. The maximum atomic E-state index is 9.46. The van der Waals surface area contributed by atoms with Crippen molar-refractivity contribution in [1.29, 1.82) is 0 Å². The van der Waals surface area contributed by atoms with E-state index in [4.69, 9.17) is 17.3 Å². The molecule has 0 saturated heterocycles. The molecule has 1 aromatic heterocycles. The van der Waals surface area contributed by atoms with Gasteiger partial charge in [-0.15, -0.1) is 0 Å². The topological polar surface area (TPSA) is 17.8 Å². The molecule has 0 N–H and O–H groups in total. The van der Waals surface area contributed by atoms with Gasteiger partial charge in [-0.05, 0) is 95.6 Å². The fourth-order valence-electron chi connectivity index (χ4n) is 7.03. The van der Waals surface area contributed by atoms with Crippen molar-refractivity contribution in [3.05, 3.63) is 182 Å². The van der Waals surface area contributed by atoms with Crippen molar-refractivity contribution in [3.8, 4) is 39.3 Å². The van der Waals surface area contributed by atoms with E-state index in [0.717, 1.165) is 21.5 Å². The minimum absolute atomic E-state index is 0.0693. The van der Waals surface area contributed by atoms with Crippen LogP contribution in [0, 0.1) is 0 Å². The van der Waals surface area contributed by atoms with Crippen LogP contribution in [0.3, 0.4) is 0 Å². The SMILES string of the molecule is [2H]c1c([2H])c([2H])c(-n2c(-c3ccc(-c4c5c([2H])c([2H])c([2H])c([2H])c5c(-c5cc6ccccc6c6ccccc56)c5c([2H])c([2H])c([2H])c([2H])c45)cc3)nc3ccccc32)c([2H])c1[2H]. The highest BCUT2D eigenvalue weighted by atomic mass is 15.1. The molecule has 0 bridgehead atoms. The number of rotatable bonds is 4. The van der Waals surface area contributed by atoms with E-state index < -0.39 is 54.4 Å². The molecule has 0 spiro atoms. The molecule has 0 unspecified atom stereocenters. The molecule has 0 atom stereocenters. The highest BCUT2D eigenvalue weighted by Crippen LogP contribution is 2.46. The Hall–Kier alpha value is -6.51.